The smallest absolute Gasteiger partial charge is 0.400 e. The maximum absolute atomic E-state index is 11.5. The molecule has 11 heteroatoms. The molecule has 0 aliphatic heterocycles. The van der Waals surface area contributed by atoms with E-state index >= 15 is 0 Å². The highest BCUT2D eigenvalue weighted by Gasteiger charge is 2.10. The summed E-state index contributed by atoms with van der Waals surface area (Å²) in [6, 6.07) is 2.55. The Morgan fingerprint density at radius 1 is 1.60 bits per heavy atom. The van der Waals surface area contributed by atoms with Gasteiger partial charge in [0, 0.05) is 0 Å². The van der Waals surface area contributed by atoms with Crippen LogP contribution in [0.5, 0.6) is 0 Å². The van der Waals surface area contributed by atoms with Crippen LogP contribution in [0.25, 0.3) is 0 Å². The number of nitro groups is 1. The first-order chi connectivity index (χ1) is 9.54. The topological polar surface area (TPSA) is 150 Å². The van der Waals surface area contributed by atoms with Crippen LogP contribution in [0.2, 0.25) is 0 Å². The highest BCUT2D eigenvalue weighted by atomic mass is 32.1. The number of hydrogen-bond acceptors (Lipinski definition) is 9. The summed E-state index contributed by atoms with van der Waals surface area (Å²) in [5.41, 5.74) is 7.60. The average molecular weight is 296 g/mol. The molecule has 20 heavy (non-hydrogen) atoms. The number of furan rings is 1. The molecular formula is C9H8N6O4S. The zero-order valence-electron chi connectivity index (χ0n) is 9.85. The SMILES string of the molecule is Nc1nnc(CC(=O)NN=Cc2ccc([N+](=O)[O-])o2)s1. The van der Waals surface area contributed by atoms with Gasteiger partial charge in [0.1, 0.15) is 9.93 Å². The van der Waals surface area contributed by atoms with Gasteiger partial charge in [-0.25, -0.2) is 5.43 Å². The number of amides is 1. The summed E-state index contributed by atoms with van der Waals surface area (Å²) in [6.45, 7) is 0. The summed E-state index contributed by atoms with van der Waals surface area (Å²) in [4.78, 5) is 21.2. The molecule has 2 heterocycles. The van der Waals surface area contributed by atoms with Gasteiger partial charge < -0.3 is 10.2 Å². The fourth-order valence-electron chi connectivity index (χ4n) is 1.19. The Bertz CT molecular complexity index is 663. The summed E-state index contributed by atoms with van der Waals surface area (Å²) in [7, 11) is 0. The molecule has 0 fully saturated rings. The number of nitrogens with one attached hydrogen (secondary N) is 1. The molecule has 0 spiro atoms. The van der Waals surface area contributed by atoms with Crippen molar-refractivity contribution < 1.29 is 14.1 Å². The molecule has 3 N–H and O–H groups in total. The number of rotatable bonds is 5. The molecule has 0 saturated heterocycles. The maximum Gasteiger partial charge on any atom is 0.433 e. The Morgan fingerprint density at radius 2 is 2.40 bits per heavy atom. The maximum atomic E-state index is 11.5. The first kappa shape index (κ1) is 13.6. The second-order valence-corrected chi connectivity index (χ2v) is 4.53. The van der Waals surface area contributed by atoms with Crippen LogP contribution in [0.3, 0.4) is 0 Å². The van der Waals surface area contributed by atoms with Crippen molar-refractivity contribution in [3.8, 4) is 0 Å². The van der Waals surface area contributed by atoms with E-state index in [0.717, 1.165) is 17.6 Å². The zero-order chi connectivity index (χ0) is 14.5. The molecule has 0 saturated carbocycles. The largest absolute Gasteiger partial charge is 0.433 e. The number of nitrogens with two attached hydrogens (primary N) is 1. The highest BCUT2D eigenvalue weighted by Crippen LogP contribution is 2.13. The lowest BCUT2D eigenvalue weighted by Gasteiger charge is -1.94. The van der Waals surface area contributed by atoms with Gasteiger partial charge >= 0.3 is 5.88 Å². The van der Waals surface area contributed by atoms with Crippen LogP contribution in [0.1, 0.15) is 10.8 Å². The van der Waals surface area contributed by atoms with Gasteiger partial charge in [0.2, 0.25) is 11.0 Å². The summed E-state index contributed by atoms with van der Waals surface area (Å²) in [5.74, 6) is -0.669. The number of aromatic nitrogens is 2. The Labute approximate surface area is 115 Å². The second-order valence-electron chi connectivity index (χ2n) is 3.44. The highest BCUT2D eigenvalue weighted by molar-refractivity contribution is 7.15. The fourth-order valence-corrected chi connectivity index (χ4v) is 1.80. The minimum Gasteiger partial charge on any atom is -0.400 e. The summed E-state index contributed by atoms with van der Waals surface area (Å²) in [6.07, 6.45) is 1.14. The number of hydrogen-bond donors (Lipinski definition) is 2. The quantitative estimate of drug-likeness (QED) is 0.458. The molecule has 10 nitrogen and oxygen atoms in total. The first-order valence-corrected chi connectivity index (χ1v) is 6.00. The Hall–Kier alpha value is -2.82. The van der Waals surface area contributed by atoms with Crippen LogP contribution in [0, 0.1) is 10.1 Å². The number of nitrogens with zero attached hydrogens (tertiary/aromatic N) is 4. The molecule has 0 aliphatic carbocycles. The Morgan fingerprint density at radius 3 is 3.00 bits per heavy atom. The third-order valence-corrected chi connectivity index (χ3v) is 2.72. The minimum atomic E-state index is -0.671. The number of nitrogen functional groups attached to an aromatic ring is 1. The summed E-state index contributed by atoms with van der Waals surface area (Å²) < 4.78 is 4.81. The molecule has 0 aromatic carbocycles. The van der Waals surface area contributed by atoms with Crippen LogP contribution in [0.15, 0.2) is 21.7 Å². The number of carbonyl (C=O) groups excluding carboxylic acids is 1. The molecule has 0 atom stereocenters. The van der Waals surface area contributed by atoms with Crippen LogP contribution >= 0.6 is 11.3 Å². The molecule has 0 aliphatic rings. The van der Waals surface area contributed by atoms with E-state index in [-0.39, 0.29) is 17.3 Å². The van der Waals surface area contributed by atoms with Gasteiger partial charge in [-0.05, 0) is 6.07 Å². The van der Waals surface area contributed by atoms with E-state index in [1.807, 2.05) is 0 Å². The normalized spacial score (nSPS) is 10.8. The standard InChI is InChI=1S/C9H8N6O4S/c10-9-14-13-7(20-9)3-6(16)12-11-4-5-1-2-8(19-5)15(17)18/h1-2,4H,3H2,(H2,10,14)(H,12,16). The first-order valence-electron chi connectivity index (χ1n) is 5.18. The van der Waals surface area contributed by atoms with Gasteiger partial charge in [0.25, 0.3) is 0 Å². The van der Waals surface area contributed by atoms with Gasteiger partial charge in [0.05, 0.1) is 18.7 Å². The second kappa shape index (κ2) is 5.88. The lowest BCUT2D eigenvalue weighted by Crippen LogP contribution is -2.19. The van der Waals surface area contributed by atoms with Crippen LogP contribution in [0.4, 0.5) is 11.0 Å². The van der Waals surface area contributed by atoms with Crippen molar-refractivity contribution in [3.63, 3.8) is 0 Å². The lowest BCUT2D eigenvalue weighted by atomic mass is 10.4. The van der Waals surface area contributed by atoms with E-state index in [9.17, 15) is 14.9 Å². The Balaban J connectivity index is 1.86. The molecule has 2 aromatic rings. The average Bonchev–Trinajstić information content (AvgIpc) is 2.99. The van der Waals surface area contributed by atoms with Crippen molar-refractivity contribution >= 4 is 34.5 Å². The fraction of sp³-hybridized carbons (Fsp3) is 0.111. The summed E-state index contributed by atoms with van der Waals surface area (Å²) >= 11 is 1.10. The van der Waals surface area contributed by atoms with E-state index < -0.39 is 16.7 Å². The van der Waals surface area contributed by atoms with E-state index in [1.165, 1.54) is 12.1 Å². The Kier molecular flexibility index (Phi) is 4.00. The van der Waals surface area contributed by atoms with Gasteiger partial charge in [-0.15, -0.1) is 10.2 Å². The molecule has 2 rings (SSSR count). The number of carbonyl (C=O) groups is 1. The molecule has 0 unspecified atom stereocenters. The monoisotopic (exact) mass is 296 g/mol. The third-order valence-electron chi connectivity index (χ3n) is 1.97. The number of anilines is 1. The lowest BCUT2D eigenvalue weighted by molar-refractivity contribution is -0.402. The predicted molar refractivity (Wildman–Crippen MR) is 69.1 cm³/mol. The van der Waals surface area contributed by atoms with Crippen LogP contribution < -0.4 is 11.2 Å². The molecule has 104 valence electrons. The van der Waals surface area contributed by atoms with Gasteiger partial charge in [-0.3, -0.25) is 14.9 Å². The van der Waals surface area contributed by atoms with Gasteiger partial charge in [0.15, 0.2) is 5.76 Å². The van der Waals surface area contributed by atoms with Gasteiger partial charge in [-0.1, -0.05) is 11.3 Å². The van der Waals surface area contributed by atoms with Crippen LogP contribution in [-0.4, -0.2) is 27.2 Å². The van der Waals surface area contributed by atoms with Crippen molar-refractivity contribution in [2.45, 2.75) is 6.42 Å². The van der Waals surface area contributed by atoms with Crippen molar-refractivity contribution in [3.05, 3.63) is 33.0 Å². The van der Waals surface area contributed by atoms with Gasteiger partial charge in [-0.2, -0.15) is 5.10 Å². The predicted octanol–water partition coefficient (Wildman–Crippen LogP) is 0.314. The van der Waals surface area contributed by atoms with Crippen molar-refractivity contribution in [2.75, 3.05) is 5.73 Å². The molecule has 0 radical (unpaired) electrons. The summed E-state index contributed by atoms with van der Waals surface area (Å²) in [5, 5.41) is 22.0. The van der Waals surface area contributed by atoms with E-state index in [0.29, 0.717) is 5.01 Å². The number of hydrazone groups is 1. The van der Waals surface area contributed by atoms with Crippen molar-refractivity contribution in [1.82, 2.24) is 15.6 Å². The molecule has 0 bridgehead atoms. The third kappa shape index (κ3) is 3.58. The molecular weight excluding hydrogens is 288 g/mol. The van der Waals surface area contributed by atoms with E-state index in [2.05, 4.69) is 20.7 Å². The minimum absolute atomic E-state index is 0.00942. The van der Waals surface area contributed by atoms with E-state index in [4.69, 9.17) is 10.2 Å². The van der Waals surface area contributed by atoms with Crippen LogP contribution in [-0.2, 0) is 11.2 Å². The molecule has 1 amide bonds. The van der Waals surface area contributed by atoms with Crippen molar-refractivity contribution in [1.29, 1.82) is 0 Å². The van der Waals surface area contributed by atoms with Crippen molar-refractivity contribution in [2.24, 2.45) is 5.10 Å². The zero-order valence-corrected chi connectivity index (χ0v) is 10.7. The van der Waals surface area contributed by atoms with E-state index in [1.54, 1.807) is 0 Å². The molecule has 2 aromatic heterocycles.